The van der Waals surface area contributed by atoms with Gasteiger partial charge in [-0.2, -0.15) is 0 Å². The van der Waals surface area contributed by atoms with Crippen LogP contribution >= 0.6 is 11.6 Å². The summed E-state index contributed by atoms with van der Waals surface area (Å²) in [5.74, 6) is 0.804. The molecule has 0 aliphatic carbocycles. The topological polar surface area (TPSA) is 45.9 Å². The SMILES string of the molecule is C[C@@H]1CN(C(=O)c2cc3cc(Cl)ccc3o2)C[C@@H]1N1CCOCC1. The molecule has 0 radical (unpaired) electrons. The van der Waals surface area contributed by atoms with E-state index in [2.05, 4.69) is 11.8 Å². The van der Waals surface area contributed by atoms with Gasteiger partial charge in [-0.15, -0.1) is 0 Å². The number of carbonyl (C=O) groups is 1. The lowest BCUT2D eigenvalue weighted by atomic mass is 10.0. The highest BCUT2D eigenvalue weighted by molar-refractivity contribution is 6.31. The Morgan fingerprint density at radius 3 is 2.79 bits per heavy atom. The van der Waals surface area contributed by atoms with Crippen molar-refractivity contribution in [2.45, 2.75) is 13.0 Å². The zero-order chi connectivity index (χ0) is 16.7. The number of halogens is 1. The van der Waals surface area contributed by atoms with Gasteiger partial charge in [-0.1, -0.05) is 18.5 Å². The van der Waals surface area contributed by atoms with E-state index < -0.39 is 0 Å². The summed E-state index contributed by atoms with van der Waals surface area (Å²) in [5.41, 5.74) is 0.694. The van der Waals surface area contributed by atoms with E-state index in [1.54, 1.807) is 18.2 Å². The number of likely N-dealkylation sites (tertiary alicyclic amines) is 1. The molecule has 3 heterocycles. The second kappa shape index (κ2) is 6.39. The molecule has 2 aliphatic rings. The lowest BCUT2D eigenvalue weighted by molar-refractivity contribution is 0.0119. The van der Waals surface area contributed by atoms with Crippen molar-refractivity contribution in [1.29, 1.82) is 0 Å². The van der Waals surface area contributed by atoms with Gasteiger partial charge in [0.2, 0.25) is 0 Å². The number of nitrogens with zero attached hydrogens (tertiary/aromatic N) is 2. The Morgan fingerprint density at radius 2 is 2.00 bits per heavy atom. The number of benzene rings is 1. The number of furan rings is 1. The third-order valence-electron chi connectivity index (χ3n) is 5.06. The molecular weight excluding hydrogens is 328 g/mol. The number of ether oxygens (including phenoxy) is 1. The van der Waals surface area contributed by atoms with Gasteiger partial charge >= 0.3 is 0 Å². The molecule has 1 aromatic carbocycles. The van der Waals surface area contributed by atoms with Crippen molar-refractivity contribution in [1.82, 2.24) is 9.80 Å². The molecule has 5 nitrogen and oxygen atoms in total. The summed E-state index contributed by atoms with van der Waals surface area (Å²) in [6.45, 7) is 7.17. The van der Waals surface area contributed by atoms with Crippen LogP contribution in [0.2, 0.25) is 5.02 Å². The maximum Gasteiger partial charge on any atom is 0.289 e. The Kier molecular flexibility index (Phi) is 4.24. The monoisotopic (exact) mass is 348 g/mol. The van der Waals surface area contributed by atoms with Gasteiger partial charge in [0, 0.05) is 42.6 Å². The van der Waals surface area contributed by atoms with Gasteiger partial charge in [0.1, 0.15) is 5.58 Å². The van der Waals surface area contributed by atoms with Crippen LogP contribution in [0.3, 0.4) is 0 Å². The second-order valence-electron chi connectivity index (χ2n) is 6.70. The smallest absolute Gasteiger partial charge is 0.289 e. The number of carbonyl (C=O) groups excluding carboxylic acids is 1. The zero-order valence-corrected chi connectivity index (χ0v) is 14.5. The Labute approximate surface area is 146 Å². The summed E-state index contributed by atoms with van der Waals surface area (Å²) in [7, 11) is 0. The predicted octanol–water partition coefficient (Wildman–Crippen LogP) is 2.88. The molecule has 2 aromatic rings. The Balaban J connectivity index is 1.51. The Hall–Kier alpha value is -1.56. The number of rotatable bonds is 2. The van der Waals surface area contributed by atoms with Crippen LogP contribution in [0, 0.1) is 5.92 Å². The molecule has 0 spiro atoms. The fraction of sp³-hybridized carbons (Fsp3) is 0.500. The van der Waals surface area contributed by atoms with E-state index in [1.165, 1.54) is 0 Å². The van der Waals surface area contributed by atoms with Crippen molar-refractivity contribution in [3.63, 3.8) is 0 Å². The molecule has 0 unspecified atom stereocenters. The van der Waals surface area contributed by atoms with Crippen molar-refractivity contribution in [2.24, 2.45) is 5.92 Å². The van der Waals surface area contributed by atoms with Gasteiger partial charge in [-0.05, 0) is 30.2 Å². The molecule has 24 heavy (non-hydrogen) atoms. The molecule has 128 valence electrons. The van der Waals surface area contributed by atoms with Crippen LogP contribution in [0.15, 0.2) is 28.7 Å². The molecule has 6 heteroatoms. The molecular formula is C18H21ClN2O3. The summed E-state index contributed by atoms with van der Waals surface area (Å²) < 4.78 is 11.2. The van der Waals surface area contributed by atoms with Crippen molar-refractivity contribution in [3.8, 4) is 0 Å². The Morgan fingerprint density at radius 1 is 1.21 bits per heavy atom. The van der Waals surface area contributed by atoms with Crippen LogP contribution in [0.4, 0.5) is 0 Å². The number of morpholine rings is 1. The van der Waals surface area contributed by atoms with Crippen LogP contribution < -0.4 is 0 Å². The molecule has 4 rings (SSSR count). The molecule has 1 aromatic heterocycles. The van der Waals surface area contributed by atoms with Crippen LogP contribution in [0.25, 0.3) is 11.0 Å². The van der Waals surface area contributed by atoms with Gasteiger partial charge in [0.25, 0.3) is 5.91 Å². The Bertz CT molecular complexity index is 754. The second-order valence-corrected chi connectivity index (χ2v) is 7.13. The van der Waals surface area contributed by atoms with Crippen molar-refractivity contribution < 1.29 is 13.9 Å². The predicted molar refractivity (Wildman–Crippen MR) is 92.5 cm³/mol. The number of hydrogen-bond acceptors (Lipinski definition) is 4. The molecule has 2 saturated heterocycles. The van der Waals surface area contributed by atoms with Gasteiger partial charge in [-0.25, -0.2) is 0 Å². The van der Waals surface area contributed by atoms with Crippen molar-refractivity contribution >= 4 is 28.5 Å². The van der Waals surface area contributed by atoms with Crippen LogP contribution in [-0.2, 0) is 4.74 Å². The third kappa shape index (κ3) is 2.92. The van der Waals surface area contributed by atoms with Gasteiger partial charge < -0.3 is 14.1 Å². The standard InChI is InChI=1S/C18H21ClN2O3/c1-12-10-21(11-15(12)20-4-6-23-7-5-20)18(22)17-9-13-8-14(19)2-3-16(13)24-17/h2-3,8-9,12,15H,4-7,10-11H2,1H3/t12-,15+/m1/s1. The van der Waals surface area contributed by atoms with E-state index in [0.717, 1.165) is 44.8 Å². The van der Waals surface area contributed by atoms with Gasteiger partial charge in [0.15, 0.2) is 5.76 Å². The van der Waals surface area contributed by atoms with E-state index in [4.69, 9.17) is 20.8 Å². The van der Waals surface area contributed by atoms with Gasteiger partial charge in [0.05, 0.1) is 13.2 Å². The third-order valence-corrected chi connectivity index (χ3v) is 5.30. The van der Waals surface area contributed by atoms with Crippen LogP contribution in [0.5, 0.6) is 0 Å². The van der Waals surface area contributed by atoms with E-state index in [1.807, 2.05) is 11.0 Å². The molecule has 1 amide bonds. The molecule has 2 aliphatic heterocycles. The minimum Gasteiger partial charge on any atom is -0.451 e. The normalized spacial score (nSPS) is 25.5. The molecule has 0 bridgehead atoms. The first kappa shape index (κ1) is 15.9. The summed E-state index contributed by atoms with van der Waals surface area (Å²) in [6.07, 6.45) is 0. The minimum atomic E-state index is -0.0371. The first-order chi connectivity index (χ1) is 11.6. The summed E-state index contributed by atoms with van der Waals surface area (Å²) in [4.78, 5) is 17.2. The average Bonchev–Trinajstić information content (AvgIpc) is 3.18. The fourth-order valence-electron chi connectivity index (χ4n) is 3.78. The zero-order valence-electron chi connectivity index (χ0n) is 13.7. The largest absolute Gasteiger partial charge is 0.451 e. The van der Waals surface area contributed by atoms with E-state index >= 15 is 0 Å². The molecule has 2 fully saturated rings. The first-order valence-corrected chi connectivity index (χ1v) is 8.80. The number of hydrogen-bond donors (Lipinski definition) is 0. The average molecular weight is 349 g/mol. The number of fused-ring (bicyclic) bond motifs is 1. The van der Waals surface area contributed by atoms with E-state index in [-0.39, 0.29) is 5.91 Å². The lowest BCUT2D eigenvalue weighted by Crippen LogP contribution is -2.47. The molecule has 0 N–H and O–H groups in total. The summed E-state index contributed by atoms with van der Waals surface area (Å²) in [6, 6.07) is 7.58. The number of amides is 1. The van der Waals surface area contributed by atoms with Crippen LogP contribution in [0.1, 0.15) is 17.5 Å². The summed E-state index contributed by atoms with van der Waals surface area (Å²) >= 11 is 6.01. The highest BCUT2D eigenvalue weighted by Crippen LogP contribution is 2.27. The highest BCUT2D eigenvalue weighted by atomic mass is 35.5. The maximum atomic E-state index is 12.8. The van der Waals surface area contributed by atoms with E-state index in [9.17, 15) is 4.79 Å². The molecule has 2 atom stereocenters. The van der Waals surface area contributed by atoms with Gasteiger partial charge in [-0.3, -0.25) is 9.69 Å². The van der Waals surface area contributed by atoms with Crippen molar-refractivity contribution in [3.05, 3.63) is 35.0 Å². The summed E-state index contributed by atoms with van der Waals surface area (Å²) in [5, 5.41) is 1.51. The highest BCUT2D eigenvalue weighted by Gasteiger charge is 2.37. The van der Waals surface area contributed by atoms with E-state index in [0.29, 0.717) is 28.3 Å². The minimum absolute atomic E-state index is 0.0371. The lowest BCUT2D eigenvalue weighted by Gasteiger charge is -2.33. The maximum absolute atomic E-state index is 12.8. The fourth-order valence-corrected chi connectivity index (χ4v) is 3.96. The quantitative estimate of drug-likeness (QED) is 0.837. The van der Waals surface area contributed by atoms with Crippen molar-refractivity contribution in [2.75, 3.05) is 39.4 Å². The van der Waals surface area contributed by atoms with Crippen LogP contribution in [-0.4, -0.2) is 61.1 Å². The first-order valence-electron chi connectivity index (χ1n) is 8.42. The molecule has 0 saturated carbocycles.